The van der Waals surface area contributed by atoms with Crippen LogP contribution in [0.5, 0.6) is 0 Å². The SMILES string of the molecule is C#CCn1ncc(NCCN(C)C(=O)OC(C)(C)C)cc1=O. The first kappa shape index (κ1) is 17.6. The summed E-state index contributed by atoms with van der Waals surface area (Å²) in [7, 11) is 1.65. The fourth-order valence-corrected chi connectivity index (χ4v) is 1.53. The van der Waals surface area contributed by atoms with Crippen molar-refractivity contribution in [2.24, 2.45) is 0 Å². The molecule has 0 bridgehead atoms. The van der Waals surface area contributed by atoms with E-state index in [0.29, 0.717) is 18.8 Å². The summed E-state index contributed by atoms with van der Waals surface area (Å²) in [6.45, 7) is 6.48. The van der Waals surface area contributed by atoms with Crippen molar-refractivity contribution < 1.29 is 9.53 Å². The highest BCUT2D eigenvalue weighted by molar-refractivity contribution is 5.67. The summed E-state index contributed by atoms with van der Waals surface area (Å²) in [6.07, 6.45) is 6.27. The van der Waals surface area contributed by atoms with E-state index < -0.39 is 11.7 Å². The van der Waals surface area contributed by atoms with Crippen LogP contribution in [0.15, 0.2) is 17.1 Å². The van der Waals surface area contributed by atoms with E-state index in [1.165, 1.54) is 21.8 Å². The minimum Gasteiger partial charge on any atom is -0.444 e. The van der Waals surface area contributed by atoms with E-state index in [1.54, 1.807) is 7.05 Å². The standard InChI is InChI=1S/C15H22N4O3/c1-6-8-19-13(20)10-12(11-17-19)16-7-9-18(5)14(21)22-15(2,3)4/h1,10-11,16H,7-9H2,2-5H3. The predicted octanol–water partition coefficient (Wildman–Crippen LogP) is 1.16. The van der Waals surface area contributed by atoms with Gasteiger partial charge in [0.05, 0.1) is 11.9 Å². The quantitative estimate of drug-likeness (QED) is 0.826. The molecule has 7 heteroatoms. The topological polar surface area (TPSA) is 76.5 Å². The third kappa shape index (κ3) is 5.87. The van der Waals surface area contributed by atoms with Crippen molar-refractivity contribution in [1.29, 1.82) is 0 Å². The molecule has 22 heavy (non-hydrogen) atoms. The number of amides is 1. The normalized spacial score (nSPS) is 10.7. The average Bonchev–Trinajstić information content (AvgIpc) is 2.40. The van der Waals surface area contributed by atoms with Crippen LogP contribution in [0.1, 0.15) is 20.8 Å². The molecule has 0 aliphatic heterocycles. The third-order valence-electron chi connectivity index (χ3n) is 2.59. The van der Waals surface area contributed by atoms with Crippen molar-refractivity contribution in [2.75, 3.05) is 25.5 Å². The molecular weight excluding hydrogens is 284 g/mol. The molecule has 0 saturated carbocycles. The second-order valence-electron chi connectivity index (χ2n) is 5.77. The molecule has 1 N–H and O–H groups in total. The van der Waals surface area contributed by atoms with Gasteiger partial charge in [-0.05, 0) is 20.8 Å². The molecule has 0 aliphatic carbocycles. The van der Waals surface area contributed by atoms with Gasteiger partial charge in [0, 0.05) is 26.2 Å². The lowest BCUT2D eigenvalue weighted by atomic mass is 10.2. The van der Waals surface area contributed by atoms with E-state index in [4.69, 9.17) is 11.2 Å². The molecule has 7 nitrogen and oxygen atoms in total. The first-order chi connectivity index (χ1) is 10.2. The molecule has 0 radical (unpaired) electrons. The maximum absolute atomic E-state index is 11.8. The fraction of sp³-hybridized carbons (Fsp3) is 0.533. The Bertz CT molecular complexity index is 610. The lowest BCUT2D eigenvalue weighted by Crippen LogP contribution is -2.36. The van der Waals surface area contributed by atoms with Crippen LogP contribution in [0, 0.1) is 12.3 Å². The summed E-state index contributed by atoms with van der Waals surface area (Å²) in [4.78, 5) is 24.9. The molecule has 1 heterocycles. The van der Waals surface area contributed by atoms with E-state index in [1.807, 2.05) is 20.8 Å². The zero-order valence-corrected chi connectivity index (χ0v) is 13.4. The van der Waals surface area contributed by atoms with E-state index in [2.05, 4.69) is 16.3 Å². The molecule has 0 unspecified atom stereocenters. The van der Waals surface area contributed by atoms with Gasteiger partial charge in [-0.15, -0.1) is 6.42 Å². The van der Waals surface area contributed by atoms with Crippen LogP contribution in [0.3, 0.4) is 0 Å². The second kappa shape index (κ2) is 7.50. The van der Waals surface area contributed by atoms with E-state index in [0.717, 1.165) is 0 Å². The molecule has 120 valence electrons. The van der Waals surface area contributed by atoms with Gasteiger partial charge in [0.2, 0.25) is 0 Å². The Kier molecular flexibility index (Phi) is 5.99. The summed E-state index contributed by atoms with van der Waals surface area (Å²) in [5.41, 5.74) is -0.219. The number of hydrogen-bond donors (Lipinski definition) is 1. The Morgan fingerprint density at radius 1 is 1.55 bits per heavy atom. The first-order valence-electron chi connectivity index (χ1n) is 6.91. The van der Waals surface area contributed by atoms with Crippen molar-refractivity contribution in [1.82, 2.24) is 14.7 Å². The number of carbonyl (C=O) groups excluding carboxylic acids is 1. The highest BCUT2D eigenvalue weighted by Gasteiger charge is 2.19. The molecule has 0 atom stereocenters. The minimum atomic E-state index is -0.524. The highest BCUT2D eigenvalue weighted by Crippen LogP contribution is 2.09. The summed E-state index contributed by atoms with van der Waals surface area (Å²) in [5, 5.41) is 6.97. The number of nitrogens with one attached hydrogen (secondary N) is 1. The van der Waals surface area contributed by atoms with Crippen LogP contribution in [0.25, 0.3) is 0 Å². The minimum absolute atomic E-state index is 0.139. The molecule has 0 aliphatic rings. The Morgan fingerprint density at radius 3 is 2.77 bits per heavy atom. The number of carbonyl (C=O) groups is 1. The van der Waals surface area contributed by atoms with Gasteiger partial charge in [-0.3, -0.25) is 4.79 Å². The van der Waals surface area contributed by atoms with Crippen LogP contribution < -0.4 is 10.9 Å². The lowest BCUT2D eigenvalue weighted by Gasteiger charge is -2.24. The molecule has 0 spiro atoms. The average molecular weight is 306 g/mol. The molecule has 0 aromatic carbocycles. The molecule has 1 aromatic heterocycles. The summed E-state index contributed by atoms with van der Waals surface area (Å²) in [6, 6.07) is 1.41. The molecule has 0 saturated heterocycles. The zero-order valence-electron chi connectivity index (χ0n) is 13.4. The smallest absolute Gasteiger partial charge is 0.410 e. The number of nitrogens with zero attached hydrogens (tertiary/aromatic N) is 3. The van der Waals surface area contributed by atoms with Crippen LogP contribution >= 0.6 is 0 Å². The van der Waals surface area contributed by atoms with Crippen LogP contribution in [0.4, 0.5) is 10.5 Å². The number of anilines is 1. The van der Waals surface area contributed by atoms with E-state index in [-0.39, 0.29) is 12.1 Å². The number of aromatic nitrogens is 2. The molecule has 0 fully saturated rings. The number of rotatable bonds is 5. The first-order valence-corrected chi connectivity index (χ1v) is 6.91. The molecule has 1 rings (SSSR count). The van der Waals surface area contributed by atoms with Gasteiger partial charge in [-0.2, -0.15) is 5.10 Å². The predicted molar refractivity (Wildman–Crippen MR) is 84.7 cm³/mol. The number of ether oxygens (including phenoxy) is 1. The van der Waals surface area contributed by atoms with Crippen molar-refractivity contribution >= 4 is 11.8 Å². The fourth-order valence-electron chi connectivity index (χ4n) is 1.53. The monoisotopic (exact) mass is 306 g/mol. The Morgan fingerprint density at radius 2 is 2.23 bits per heavy atom. The lowest BCUT2D eigenvalue weighted by molar-refractivity contribution is 0.0305. The van der Waals surface area contributed by atoms with Gasteiger partial charge >= 0.3 is 6.09 Å². The van der Waals surface area contributed by atoms with Gasteiger partial charge in [0.15, 0.2) is 0 Å². The Hall–Kier alpha value is -2.49. The maximum Gasteiger partial charge on any atom is 0.410 e. The zero-order chi connectivity index (χ0) is 16.8. The van der Waals surface area contributed by atoms with Crippen LogP contribution in [-0.2, 0) is 11.3 Å². The van der Waals surface area contributed by atoms with Crippen LogP contribution in [-0.4, -0.2) is 46.5 Å². The van der Waals surface area contributed by atoms with Gasteiger partial charge < -0.3 is 15.0 Å². The van der Waals surface area contributed by atoms with Gasteiger partial charge in [-0.1, -0.05) is 5.92 Å². The van der Waals surface area contributed by atoms with Crippen molar-refractivity contribution in [3.63, 3.8) is 0 Å². The Labute approximate surface area is 130 Å². The summed E-state index contributed by atoms with van der Waals surface area (Å²) < 4.78 is 6.43. The molecular formula is C15H22N4O3. The Balaban J connectivity index is 2.47. The van der Waals surface area contributed by atoms with E-state index in [9.17, 15) is 9.59 Å². The number of hydrogen-bond acceptors (Lipinski definition) is 5. The van der Waals surface area contributed by atoms with Gasteiger partial charge in [-0.25, -0.2) is 9.48 Å². The van der Waals surface area contributed by atoms with Crippen LogP contribution in [0.2, 0.25) is 0 Å². The van der Waals surface area contributed by atoms with Gasteiger partial charge in [0.25, 0.3) is 5.56 Å². The number of likely N-dealkylation sites (N-methyl/N-ethyl adjacent to an activating group) is 1. The molecule has 1 amide bonds. The molecule has 1 aromatic rings. The largest absolute Gasteiger partial charge is 0.444 e. The highest BCUT2D eigenvalue weighted by atomic mass is 16.6. The van der Waals surface area contributed by atoms with Gasteiger partial charge in [0.1, 0.15) is 12.1 Å². The van der Waals surface area contributed by atoms with E-state index >= 15 is 0 Å². The summed E-state index contributed by atoms with van der Waals surface area (Å²) >= 11 is 0. The van der Waals surface area contributed by atoms with Crippen molar-refractivity contribution in [3.8, 4) is 12.3 Å². The second-order valence-corrected chi connectivity index (χ2v) is 5.77. The summed E-state index contributed by atoms with van der Waals surface area (Å²) in [5.74, 6) is 2.36. The van der Waals surface area contributed by atoms with Crippen molar-refractivity contribution in [2.45, 2.75) is 32.9 Å². The maximum atomic E-state index is 11.8. The number of terminal acetylenes is 1. The van der Waals surface area contributed by atoms with Crippen molar-refractivity contribution in [3.05, 3.63) is 22.6 Å². The third-order valence-corrected chi connectivity index (χ3v) is 2.59.